The Morgan fingerprint density at radius 3 is 2.56 bits per heavy atom. The largest absolute Gasteiger partial charge is 0.496 e. The van der Waals surface area contributed by atoms with Crippen molar-refractivity contribution in [1.82, 2.24) is 9.78 Å². The molecular formula is C25H30N2O5. The smallest absolute Gasteiger partial charge is 0.335 e. The van der Waals surface area contributed by atoms with Crippen LogP contribution in [-0.4, -0.2) is 45.8 Å². The summed E-state index contributed by atoms with van der Waals surface area (Å²) in [5.74, 6) is 0.248. The molecule has 3 rings (SSSR count). The number of unbranched alkanes of at least 4 members (excludes halogenated alkanes) is 1. The summed E-state index contributed by atoms with van der Waals surface area (Å²) >= 11 is 0. The summed E-state index contributed by atoms with van der Waals surface area (Å²) < 4.78 is 13.2. The van der Waals surface area contributed by atoms with Crippen LogP contribution < -0.4 is 9.47 Å². The number of aliphatic hydroxyl groups excluding tert-OH is 1. The van der Waals surface area contributed by atoms with E-state index in [1.807, 2.05) is 37.3 Å². The Bertz CT molecular complexity index is 1060. The van der Waals surface area contributed by atoms with Crippen molar-refractivity contribution in [3.63, 3.8) is 0 Å². The zero-order valence-corrected chi connectivity index (χ0v) is 18.7. The Balaban J connectivity index is 2.15. The van der Waals surface area contributed by atoms with Crippen LogP contribution in [-0.2, 0) is 6.54 Å². The number of hydrogen-bond acceptors (Lipinski definition) is 5. The Morgan fingerprint density at radius 1 is 1.09 bits per heavy atom. The third-order valence-electron chi connectivity index (χ3n) is 5.28. The molecule has 0 bridgehead atoms. The zero-order valence-electron chi connectivity index (χ0n) is 18.7. The minimum atomic E-state index is -1.02. The molecule has 7 nitrogen and oxygen atoms in total. The van der Waals surface area contributed by atoms with E-state index in [0.29, 0.717) is 42.3 Å². The van der Waals surface area contributed by atoms with Crippen LogP contribution >= 0.6 is 0 Å². The maximum atomic E-state index is 11.6. The molecule has 1 atom stereocenters. The number of ether oxygens (including phenoxy) is 2. The fraction of sp³-hybridized carbons (Fsp3) is 0.360. The number of hydrogen-bond donors (Lipinski definition) is 2. The first kappa shape index (κ1) is 23.3. The van der Waals surface area contributed by atoms with Crippen molar-refractivity contribution < 1.29 is 24.5 Å². The molecule has 170 valence electrons. The van der Waals surface area contributed by atoms with Gasteiger partial charge in [-0.2, -0.15) is 5.10 Å². The van der Waals surface area contributed by atoms with E-state index in [4.69, 9.17) is 14.6 Å². The Labute approximate surface area is 188 Å². The van der Waals surface area contributed by atoms with Gasteiger partial charge >= 0.3 is 5.97 Å². The summed E-state index contributed by atoms with van der Waals surface area (Å²) in [5.41, 5.74) is 2.93. The first-order chi connectivity index (χ1) is 15.5. The average molecular weight is 439 g/mol. The molecule has 0 saturated heterocycles. The second-order valence-electron chi connectivity index (χ2n) is 7.58. The van der Waals surface area contributed by atoms with E-state index in [2.05, 4.69) is 6.92 Å². The van der Waals surface area contributed by atoms with Crippen molar-refractivity contribution in [2.24, 2.45) is 0 Å². The fourth-order valence-electron chi connectivity index (χ4n) is 3.40. The molecule has 0 aliphatic heterocycles. The standard InChI is InChI=1S/C25H30N2O5/c1-4-6-13-32-24-12-11-17(25(29)30)14-20(24)21-15-22(27(26-21)16-18(28)5-2)19-9-7-8-10-23(19)31-3/h7-12,14-15,18,28H,4-6,13,16H2,1-3H3,(H,29,30). The van der Waals surface area contributed by atoms with Gasteiger partial charge in [-0.25, -0.2) is 4.79 Å². The number of para-hydroxylation sites is 1. The second-order valence-corrected chi connectivity index (χ2v) is 7.58. The first-order valence-corrected chi connectivity index (χ1v) is 10.9. The molecule has 2 N–H and O–H groups in total. The van der Waals surface area contributed by atoms with Crippen molar-refractivity contribution in [3.8, 4) is 34.0 Å². The minimum absolute atomic E-state index is 0.157. The molecule has 1 aromatic heterocycles. The van der Waals surface area contributed by atoms with Crippen LogP contribution in [0.15, 0.2) is 48.5 Å². The quantitative estimate of drug-likeness (QED) is 0.415. The number of methoxy groups -OCH3 is 1. The molecule has 0 amide bonds. The van der Waals surface area contributed by atoms with Gasteiger partial charge in [0.05, 0.1) is 43.3 Å². The molecular weight excluding hydrogens is 408 g/mol. The Kier molecular flexibility index (Phi) is 7.89. The molecule has 0 aliphatic rings. The summed E-state index contributed by atoms with van der Waals surface area (Å²) in [6, 6.07) is 14.3. The molecule has 7 heteroatoms. The monoisotopic (exact) mass is 438 g/mol. The highest BCUT2D eigenvalue weighted by molar-refractivity contribution is 5.90. The van der Waals surface area contributed by atoms with E-state index in [0.717, 1.165) is 24.1 Å². The van der Waals surface area contributed by atoms with Gasteiger partial charge in [-0.05, 0) is 49.2 Å². The molecule has 0 fully saturated rings. The van der Waals surface area contributed by atoms with E-state index < -0.39 is 12.1 Å². The number of aliphatic hydroxyl groups is 1. The van der Waals surface area contributed by atoms with Gasteiger partial charge < -0.3 is 19.7 Å². The van der Waals surface area contributed by atoms with Gasteiger partial charge in [0.15, 0.2) is 0 Å². The number of aromatic carboxylic acids is 1. The summed E-state index contributed by atoms with van der Waals surface area (Å²) in [4.78, 5) is 11.6. The van der Waals surface area contributed by atoms with Crippen molar-refractivity contribution in [3.05, 3.63) is 54.1 Å². The lowest BCUT2D eigenvalue weighted by atomic mass is 10.0. The number of benzene rings is 2. The fourth-order valence-corrected chi connectivity index (χ4v) is 3.40. The number of carboxylic acids is 1. The predicted octanol–water partition coefficient (Wildman–Crippen LogP) is 4.87. The third-order valence-corrected chi connectivity index (χ3v) is 5.28. The van der Waals surface area contributed by atoms with Crippen LogP contribution in [0, 0.1) is 0 Å². The highest BCUT2D eigenvalue weighted by Crippen LogP contribution is 2.36. The maximum absolute atomic E-state index is 11.6. The minimum Gasteiger partial charge on any atom is -0.496 e. The number of aromatic nitrogens is 2. The summed E-state index contributed by atoms with van der Waals surface area (Å²) in [6.45, 7) is 4.82. The van der Waals surface area contributed by atoms with Crippen LogP contribution in [0.25, 0.3) is 22.5 Å². The second kappa shape index (κ2) is 10.8. The van der Waals surface area contributed by atoms with E-state index >= 15 is 0 Å². The molecule has 0 radical (unpaired) electrons. The van der Waals surface area contributed by atoms with E-state index in [9.17, 15) is 15.0 Å². The van der Waals surface area contributed by atoms with Crippen molar-refractivity contribution in [2.75, 3.05) is 13.7 Å². The molecule has 0 saturated carbocycles. The number of rotatable bonds is 11. The van der Waals surface area contributed by atoms with Crippen LogP contribution in [0.4, 0.5) is 0 Å². The highest BCUT2D eigenvalue weighted by Gasteiger charge is 2.20. The van der Waals surface area contributed by atoms with Crippen molar-refractivity contribution in [2.45, 2.75) is 45.8 Å². The number of carbonyl (C=O) groups is 1. The Morgan fingerprint density at radius 2 is 1.88 bits per heavy atom. The first-order valence-electron chi connectivity index (χ1n) is 10.9. The molecule has 2 aromatic carbocycles. The van der Waals surface area contributed by atoms with E-state index in [1.54, 1.807) is 23.9 Å². The van der Waals surface area contributed by atoms with Gasteiger partial charge in [-0.3, -0.25) is 4.68 Å². The molecule has 3 aromatic rings. The van der Waals surface area contributed by atoms with Gasteiger partial charge in [0, 0.05) is 11.1 Å². The molecule has 0 aliphatic carbocycles. The topological polar surface area (TPSA) is 93.8 Å². The molecule has 32 heavy (non-hydrogen) atoms. The van der Waals surface area contributed by atoms with Crippen LogP contribution in [0.2, 0.25) is 0 Å². The zero-order chi connectivity index (χ0) is 23.1. The lowest BCUT2D eigenvalue weighted by Gasteiger charge is -2.13. The van der Waals surface area contributed by atoms with E-state index in [1.165, 1.54) is 6.07 Å². The normalized spacial score (nSPS) is 11.9. The predicted molar refractivity (Wildman–Crippen MR) is 123 cm³/mol. The SMILES string of the molecule is CCCCOc1ccc(C(=O)O)cc1-c1cc(-c2ccccc2OC)n(CC(O)CC)n1. The van der Waals surface area contributed by atoms with Gasteiger partial charge in [-0.15, -0.1) is 0 Å². The van der Waals surface area contributed by atoms with Gasteiger partial charge in [0.1, 0.15) is 11.5 Å². The summed E-state index contributed by atoms with van der Waals surface area (Å²) in [7, 11) is 1.61. The van der Waals surface area contributed by atoms with Crippen LogP contribution in [0.3, 0.4) is 0 Å². The summed E-state index contributed by atoms with van der Waals surface area (Å²) in [5, 5.41) is 24.5. The highest BCUT2D eigenvalue weighted by atomic mass is 16.5. The maximum Gasteiger partial charge on any atom is 0.335 e. The molecule has 1 heterocycles. The third kappa shape index (κ3) is 5.29. The molecule has 1 unspecified atom stereocenters. The molecule has 0 spiro atoms. The summed E-state index contributed by atoms with van der Waals surface area (Å²) in [6.07, 6.45) is 1.90. The lowest BCUT2D eigenvalue weighted by Crippen LogP contribution is -2.16. The lowest BCUT2D eigenvalue weighted by molar-refractivity contribution is 0.0697. The van der Waals surface area contributed by atoms with Crippen molar-refractivity contribution >= 4 is 5.97 Å². The number of carboxylic acid groups (broad SMARTS) is 1. The average Bonchev–Trinajstić information content (AvgIpc) is 3.22. The van der Waals surface area contributed by atoms with Gasteiger partial charge in [0.2, 0.25) is 0 Å². The van der Waals surface area contributed by atoms with Crippen molar-refractivity contribution in [1.29, 1.82) is 0 Å². The van der Waals surface area contributed by atoms with E-state index in [-0.39, 0.29) is 5.56 Å². The Hall–Kier alpha value is -3.32. The van der Waals surface area contributed by atoms with Crippen LogP contribution in [0.1, 0.15) is 43.5 Å². The van der Waals surface area contributed by atoms with Gasteiger partial charge in [0.25, 0.3) is 0 Å². The number of nitrogens with zero attached hydrogens (tertiary/aromatic N) is 2. The van der Waals surface area contributed by atoms with Gasteiger partial charge in [-0.1, -0.05) is 32.4 Å². The van der Waals surface area contributed by atoms with Crippen LogP contribution in [0.5, 0.6) is 11.5 Å².